The number of aromatic nitrogens is 2. The van der Waals surface area contributed by atoms with Gasteiger partial charge in [0.15, 0.2) is 0 Å². The third kappa shape index (κ3) is 2.54. The molecule has 0 bridgehead atoms. The van der Waals surface area contributed by atoms with Gasteiger partial charge < -0.3 is 0 Å². The molecule has 0 spiro atoms. The van der Waals surface area contributed by atoms with Gasteiger partial charge in [-0.15, -0.1) is 11.6 Å². The fourth-order valence-corrected chi connectivity index (χ4v) is 1.09. The Morgan fingerprint density at radius 2 is 2.36 bits per heavy atom. The highest BCUT2D eigenvalue weighted by atomic mass is 35.5. The van der Waals surface area contributed by atoms with Gasteiger partial charge in [0.1, 0.15) is 0 Å². The number of nitrogens with zero attached hydrogens (tertiary/aromatic N) is 2. The van der Waals surface area contributed by atoms with Crippen LogP contribution in [0.2, 0.25) is 0 Å². The van der Waals surface area contributed by atoms with Gasteiger partial charge in [-0.2, -0.15) is 5.10 Å². The second kappa shape index (κ2) is 3.77. The molecule has 0 fully saturated rings. The maximum absolute atomic E-state index is 5.62. The molecule has 0 radical (unpaired) electrons. The Kier molecular flexibility index (Phi) is 2.94. The Balaban J connectivity index is 2.58. The Morgan fingerprint density at radius 3 is 2.82 bits per heavy atom. The van der Waals surface area contributed by atoms with E-state index in [0.717, 1.165) is 12.1 Å². The van der Waals surface area contributed by atoms with Gasteiger partial charge in [-0.1, -0.05) is 13.8 Å². The first kappa shape index (κ1) is 8.60. The number of halogens is 1. The lowest BCUT2D eigenvalue weighted by atomic mass is 10.2. The minimum absolute atomic E-state index is 0.554. The summed E-state index contributed by atoms with van der Waals surface area (Å²) < 4.78 is 1.93. The number of rotatable bonds is 3. The van der Waals surface area contributed by atoms with Crippen LogP contribution in [0.1, 0.15) is 19.4 Å². The molecule has 0 aliphatic rings. The summed E-state index contributed by atoms with van der Waals surface area (Å²) in [4.78, 5) is 0. The number of hydrogen-bond acceptors (Lipinski definition) is 1. The molecular weight excluding hydrogens is 160 g/mol. The van der Waals surface area contributed by atoms with Crippen LogP contribution in [0.5, 0.6) is 0 Å². The average Bonchev–Trinajstić information content (AvgIpc) is 2.34. The summed E-state index contributed by atoms with van der Waals surface area (Å²) in [5, 5.41) is 4.16. The van der Waals surface area contributed by atoms with Crippen LogP contribution in [0, 0.1) is 5.92 Å². The first-order valence-corrected chi connectivity index (χ1v) is 4.33. The van der Waals surface area contributed by atoms with Gasteiger partial charge in [-0.3, -0.25) is 4.68 Å². The molecule has 0 aliphatic heterocycles. The zero-order chi connectivity index (χ0) is 8.27. The molecule has 62 valence electrons. The van der Waals surface area contributed by atoms with Crippen LogP contribution in [-0.2, 0) is 12.4 Å². The Morgan fingerprint density at radius 1 is 1.64 bits per heavy atom. The van der Waals surface area contributed by atoms with Crippen molar-refractivity contribution < 1.29 is 0 Å². The zero-order valence-electron chi connectivity index (χ0n) is 6.92. The Bertz CT molecular complexity index is 218. The van der Waals surface area contributed by atoms with Crippen molar-refractivity contribution in [1.82, 2.24) is 9.78 Å². The van der Waals surface area contributed by atoms with E-state index in [2.05, 4.69) is 18.9 Å². The molecule has 0 saturated carbocycles. The van der Waals surface area contributed by atoms with Gasteiger partial charge in [0, 0.05) is 18.3 Å². The van der Waals surface area contributed by atoms with Gasteiger partial charge in [0.25, 0.3) is 0 Å². The molecule has 1 aromatic rings. The van der Waals surface area contributed by atoms with E-state index in [-0.39, 0.29) is 0 Å². The maximum Gasteiger partial charge on any atom is 0.0533 e. The molecule has 0 amide bonds. The monoisotopic (exact) mass is 172 g/mol. The van der Waals surface area contributed by atoms with E-state index in [4.69, 9.17) is 11.6 Å². The Hall–Kier alpha value is -0.500. The summed E-state index contributed by atoms with van der Waals surface area (Å²) in [5.74, 6) is 1.19. The van der Waals surface area contributed by atoms with Crippen LogP contribution in [-0.4, -0.2) is 9.78 Å². The van der Waals surface area contributed by atoms with E-state index in [1.165, 1.54) is 0 Å². The van der Waals surface area contributed by atoms with Gasteiger partial charge in [-0.05, 0) is 5.92 Å². The van der Waals surface area contributed by atoms with E-state index >= 15 is 0 Å². The molecule has 1 rings (SSSR count). The predicted octanol–water partition coefficient (Wildman–Crippen LogP) is 2.28. The topological polar surface area (TPSA) is 17.8 Å². The smallest absolute Gasteiger partial charge is 0.0533 e. The summed E-state index contributed by atoms with van der Waals surface area (Å²) >= 11 is 5.62. The van der Waals surface area contributed by atoms with Gasteiger partial charge in [0.2, 0.25) is 0 Å². The lowest BCUT2D eigenvalue weighted by molar-refractivity contribution is 0.483. The third-order valence-corrected chi connectivity index (χ3v) is 1.70. The lowest BCUT2D eigenvalue weighted by Gasteiger charge is -2.02. The lowest BCUT2D eigenvalue weighted by Crippen LogP contribution is -2.04. The fraction of sp³-hybridized carbons (Fsp3) is 0.625. The molecule has 0 aromatic carbocycles. The number of hydrogen-bond donors (Lipinski definition) is 0. The SMILES string of the molecule is CC(C)Cn1cc(CCl)cn1. The van der Waals surface area contributed by atoms with E-state index in [0.29, 0.717) is 11.8 Å². The van der Waals surface area contributed by atoms with Crippen LogP contribution in [0.25, 0.3) is 0 Å². The summed E-state index contributed by atoms with van der Waals surface area (Å²) in [6, 6.07) is 0. The van der Waals surface area contributed by atoms with Crippen molar-refractivity contribution in [3.05, 3.63) is 18.0 Å². The minimum Gasteiger partial charge on any atom is -0.272 e. The van der Waals surface area contributed by atoms with Gasteiger partial charge >= 0.3 is 0 Å². The van der Waals surface area contributed by atoms with Crippen molar-refractivity contribution in [2.24, 2.45) is 5.92 Å². The molecule has 0 unspecified atom stereocenters. The maximum atomic E-state index is 5.62. The van der Waals surface area contributed by atoms with E-state index in [9.17, 15) is 0 Å². The van der Waals surface area contributed by atoms with Gasteiger partial charge in [-0.25, -0.2) is 0 Å². The van der Waals surface area contributed by atoms with Crippen LogP contribution in [0.4, 0.5) is 0 Å². The summed E-state index contributed by atoms with van der Waals surface area (Å²) in [7, 11) is 0. The second-order valence-electron chi connectivity index (χ2n) is 3.10. The summed E-state index contributed by atoms with van der Waals surface area (Å²) in [6.45, 7) is 5.31. The highest BCUT2D eigenvalue weighted by Gasteiger charge is 1.98. The summed E-state index contributed by atoms with van der Waals surface area (Å²) in [5.41, 5.74) is 1.09. The standard InChI is InChI=1S/C8H13ClN2/c1-7(2)5-11-6-8(3-9)4-10-11/h4,6-7H,3,5H2,1-2H3. The average molecular weight is 173 g/mol. The van der Waals surface area contributed by atoms with Crippen LogP contribution >= 0.6 is 11.6 Å². The zero-order valence-corrected chi connectivity index (χ0v) is 7.67. The predicted molar refractivity (Wildman–Crippen MR) is 46.6 cm³/mol. The minimum atomic E-state index is 0.554. The first-order chi connectivity index (χ1) is 5.22. The largest absolute Gasteiger partial charge is 0.272 e. The highest BCUT2D eigenvalue weighted by molar-refractivity contribution is 6.17. The quantitative estimate of drug-likeness (QED) is 0.640. The van der Waals surface area contributed by atoms with Crippen LogP contribution in [0.3, 0.4) is 0 Å². The van der Waals surface area contributed by atoms with E-state index < -0.39 is 0 Å². The van der Waals surface area contributed by atoms with Crippen molar-refractivity contribution >= 4 is 11.6 Å². The molecule has 0 N–H and O–H groups in total. The fourth-order valence-electron chi connectivity index (χ4n) is 0.949. The molecule has 2 nitrogen and oxygen atoms in total. The molecule has 1 aromatic heterocycles. The third-order valence-electron chi connectivity index (χ3n) is 1.39. The first-order valence-electron chi connectivity index (χ1n) is 3.79. The van der Waals surface area contributed by atoms with Gasteiger partial charge in [0.05, 0.1) is 12.1 Å². The van der Waals surface area contributed by atoms with Crippen LogP contribution in [0.15, 0.2) is 12.4 Å². The normalized spacial score (nSPS) is 10.9. The highest BCUT2D eigenvalue weighted by Crippen LogP contribution is 2.03. The molecule has 0 aliphatic carbocycles. The molecular formula is C8H13ClN2. The number of alkyl halides is 1. The van der Waals surface area contributed by atoms with Crippen molar-refractivity contribution in [3.8, 4) is 0 Å². The van der Waals surface area contributed by atoms with Crippen molar-refractivity contribution in [3.63, 3.8) is 0 Å². The summed E-state index contributed by atoms with van der Waals surface area (Å²) in [6.07, 6.45) is 3.81. The molecule has 3 heteroatoms. The van der Waals surface area contributed by atoms with Crippen molar-refractivity contribution in [2.45, 2.75) is 26.3 Å². The molecule has 0 saturated heterocycles. The van der Waals surface area contributed by atoms with E-state index in [1.54, 1.807) is 0 Å². The molecule has 11 heavy (non-hydrogen) atoms. The van der Waals surface area contributed by atoms with Crippen molar-refractivity contribution in [1.29, 1.82) is 0 Å². The molecule has 0 atom stereocenters. The van der Waals surface area contributed by atoms with Crippen LogP contribution < -0.4 is 0 Å². The molecule has 1 heterocycles. The van der Waals surface area contributed by atoms with E-state index in [1.807, 2.05) is 17.1 Å². The second-order valence-corrected chi connectivity index (χ2v) is 3.37. The Labute approximate surface area is 72.2 Å². The van der Waals surface area contributed by atoms with Crippen molar-refractivity contribution in [2.75, 3.05) is 0 Å².